The molecule has 0 aliphatic rings. The van der Waals surface area contributed by atoms with Crippen molar-refractivity contribution < 1.29 is 4.92 Å². The van der Waals surface area contributed by atoms with Gasteiger partial charge < -0.3 is 11.1 Å². The van der Waals surface area contributed by atoms with Crippen molar-refractivity contribution in [1.29, 1.82) is 0 Å². The third kappa shape index (κ3) is 3.73. The maximum atomic E-state index is 10.6. The molecule has 18 heavy (non-hydrogen) atoms. The summed E-state index contributed by atoms with van der Waals surface area (Å²) < 4.78 is 0. The number of halogens is 2. The van der Waals surface area contributed by atoms with Gasteiger partial charge in [-0.2, -0.15) is 0 Å². The maximum absolute atomic E-state index is 10.6. The van der Waals surface area contributed by atoms with Gasteiger partial charge in [-0.15, -0.1) is 0 Å². The van der Waals surface area contributed by atoms with Gasteiger partial charge in [0.15, 0.2) is 0 Å². The molecule has 0 fully saturated rings. The number of anilines is 1. The SMILES string of the molecule is CC(C)C(N)CNc1c(Cl)cc([N+](=O)[O-])cc1Cl. The van der Waals surface area contributed by atoms with Crippen molar-refractivity contribution in [3.63, 3.8) is 0 Å². The monoisotopic (exact) mass is 291 g/mol. The molecule has 1 aromatic rings. The fourth-order valence-electron chi connectivity index (χ4n) is 1.29. The van der Waals surface area contributed by atoms with Gasteiger partial charge in [-0.25, -0.2) is 0 Å². The highest BCUT2D eigenvalue weighted by Gasteiger charge is 2.15. The van der Waals surface area contributed by atoms with Crippen LogP contribution in [0.2, 0.25) is 10.0 Å². The summed E-state index contributed by atoms with van der Waals surface area (Å²) in [7, 11) is 0. The molecule has 0 heterocycles. The van der Waals surface area contributed by atoms with Gasteiger partial charge in [-0.3, -0.25) is 10.1 Å². The summed E-state index contributed by atoms with van der Waals surface area (Å²) in [5, 5.41) is 14.1. The highest BCUT2D eigenvalue weighted by Crippen LogP contribution is 2.34. The van der Waals surface area contributed by atoms with Gasteiger partial charge in [0.25, 0.3) is 5.69 Å². The predicted octanol–water partition coefficient (Wildman–Crippen LogP) is 3.30. The third-order valence-electron chi connectivity index (χ3n) is 2.61. The molecule has 0 bridgehead atoms. The molecule has 0 aliphatic heterocycles. The number of nitrogens with zero attached hydrogens (tertiary/aromatic N) is 1. The fraction of sp³-hybridized carbons (Fsp3) is 0.455. The van der Waals surface area contributed by atoms with Crippen LogP contribution in [0.1, 0.15) is 13.8 Å². The quantitative estimate of drug-likeness (QED) is 0.644. The number of benzene rings is 1. The summed E-state index contributed by atoms with van der Waals surface area (Å²) in [4.78, 5) is 10.1. The Kier molecular flexibility index (Phi) is 5.19. The van der Waals surface area contributed by atoms with Crippen LogP contribution in [0.3, 0.4) is 0 Å². The Bertz CT molecular complexity index is 429. The second kappa shape index (κ2) is 6.22. The van der Waals surface area contributed by atoms with Crippen molar-refractivity contribution in [1.82, 2.24) is 0 Å². The van der Waals surface area contributed by atoms with Crippen LogP contribution in [-0.4, -0.2) is 17.5 Å². The van der Waals surface area contributed by atoms with E-state index in [2.05, 4.69) is 5.32 Å². The Morgan fingerprint density at radius 1 is 1.39 bits per heavy atom. The zero-order chi connectivity index (χ0) is 13.9. The van der Waals surface area contributed by atoms with Gasteiger partial charge in [-0.05, 0) is 5.92 Å². The molecule has 0 saturated carbocycles. The number of nitro groups is 1. The van der Waals surface area contributed by atoms with Crippen molar-refractivity contribution in [2.75, 3.05) is 11.9 Å². The number of hydrogen-bond donors (Lipinski definition) is 2. The van der Waals surface area contributed by atoms with E-state index in [1.165, 1.54) is 12.1 Å². The molecule has 7 heteroatoms. The molecule has 0 aliphatic carbocycles. The van der Waals surface area contributed by atoms with Gasteiger partial charge in [-0.1, -0.05) is 37.0 Å². The summed E-state index contributed by atoms with van der Waals surface area (Å²) >= 11 is 11.9. The van der Waals surface area contributed by atoms with Gasteiger partial charge in [0.05, 0.1) is 20.7 Å². The van der Waals surface area contributed by atoms with E-state index >= 15 is 0 Å². The van der Waals surface area contributed by atoms with Crippen LogP contribution in [0.25, 0.3) is 0 Å². The largest absolute Gasteiger partial charge is 0.381 e. The van der Waals surface area contributed by atoms with Crippen LogP contribution in [-0.2, 0) is 0 Å². The number of hydrogen-bond acceptors (Lipinski definition) is 4. The van der Waals surface area contributed by atoms with E-state index in [9.17, 15) is 10.1 Å². The minimum atomic E-state index is -0.540. The summed E-state index contributed by atoms with van der Waals surface area (Å²) in [6.07, 6.45) is 0. The third-order valence-corrected chi connectivity index (χ3v) is 3.20. The molecule has 100 valence electrons. The lowest BCUT2D eigenvalue weighted by Gasteiger charge is -2.18. The molecule has 0 spiro atoms. The van der Waals surface area contributed by atoms with Crippen molar-refractivity contribution in [3.8, 4) is 0 Å². The standard InChI is InChI=1S/C11H15Cl2N3O2/c1-6(2)10(14)5-15-11-8(12)3-7(16(17)18)4-9(11)13/h3-4,6,10,15H,5,14H2,1-2H3. The van der Waals surface area contributed by atoms with E-state index in [-0.39, 0.29) is 21.8 Å². The van der Waals surface area contributed by atoms with Crippen molar-refractivity contribution in [2.45, 2.75) is 19.9 Å². The minimum absolute atomic E-state index is 0.0488. The molecule has 3 N–H and O–H groups in total. The van der Waals surface area contributed by atoms with E-state index in [1.807, 2.05) is 13.8 Å². The highest BCUT2D eigenvalue weighted by atomic mass is 35.5. The van der Waals surface area contributed by atoms with Gasteiger partial charge in [0.2, 0.25) is 0 Å². The van der Waals surface area contributed by atoms with Crippen molar-refractivity contribution in [2.24, 2.45) is 11.7 Å². The van der Waals surface area contributed by atoms with Gasteiger partial charge >= 0.3 is 0 Å². The Hall–Kier alpha value is -1.04. The normalized spacial score (nSPS) is 12.6. The lowest BCUT2D eigenvalue weighted by molar-refractivity contribution is -0.384. The zero-order valence-electron chi connectivity index (χ0n) is 10.1. The Morgan fingerprint density at radius 3 is 2.28 bits per heavy atom. The molecule has 0 saturated heterocycles. The van der Waals surface area contributed by atoms with E-state index in [0.29, 0.717) is 18.2 Å². The lowest BCUT2D eigenvalue weighted by Crippen LogP contribution is -2.34. The van der Waals surface area contributed by atoms with Crippen molar-refractivity contribution >= 4 is 34.6 Å². The first-order valence-corrected chi connectivity index (χ1v) is 6.21. The van der Waals surface area contributed by atoms with E-state index in [1.54, 1.807) is 0 Å². The molecular weight excluding hydrogens is 277 g/mol. The number of nitrogens with one attached hydrogen (secondary N) is 1. The molecule has 1 atom stereocenters. The Labute approximate surface area is 115 Å². The number of non-ortho nitro benzene ring substituents is 1. The van der Waals surface area contributed by atoms with Crippen molar-refractivity contribution in [3.05, 3.63) is 32.3 Å². The number of rotatable bonds is 5. The second-order valence-corrected chi connectivity index (χ2v) is 5.14. The molecule has 1 unspecified atom stereocenters. The molecule has 1 rings (SSSR count). The molecule has 5 nitrogen and oxygen atoms in total. The zero-order valence-corrected chi connectivity index (χ0v) is 11.6. The molecule has 1 aromatic carbocycles. The van der Waals surface area contributed by atoms with Gasteiger partial charge in [0, 0.05) is 24.7 Å². The van der Waals surface area contributed by atoms with Crippen LogP contribution >= 0.6 is 23.2 Å². The summed E-state index contributed by atoms with van der Waals surface area (Å²) in [6.45, 7) is 4.51. The first-order chi connectivity index (χ1) is 8.32. The fourth-order valence-corrected chi connectivity index (χ4v) is 1.90. The topological polar surface area (TPSA) is 81.2 Å². The summed E-state index contributed by atoms with van der Waals surface area (Å²) in [5.74, 6) is 0.313. The lowest BCUT2D eigenvalue weighted by atomic mass is 10.1. The van der Waals surface area contributed by atoms with Crippen LogP contribution in [0, 0.1) is 16.0 Å². The highest BCUT2D eigenvalue weighted by molar-refractivity contribution is 6.39. The molecule has 0 radical (unpaired) electrons. The summed E-state index contributed by atoms with van der Waals surface area (Å²) in [5.41, 5.74) is 6.22. The number of nitrogens with two attached hydrogens (primary N) is 1. The minimum Gasteiger partial charge on any atom is -0.381 e. The average Bonchev–Trinajstić information content (AvgIpc) is 2.26. The Morgan fingerprint density at radius 2 is 1.89 bits per heavy atom. The predicted molar refractivity (Wildman–Crippen MR) is 74.4 cm³/mol. The molecule has 0 aromatic heterocycles. The summed E-state index contributed by atoms with van der Waals surface area (Å²) in [6, 6.07) is 2.47. The molecular formula is C11H15Cl2N3O2. The average molecular weight is 292 g/mol. The van der Waals surface area contributed by atoms with E-state index in [4.69, 9.17) is 28.9 Å². The van der Waals surface area contributed by atoms with Gasteiger partial charge in [0.1, 0.15) is 0 Å². The van der Waals surface area contributed by atoms with Crippen LogP contribution in [0.15, 0.2) is 12.1 Å². The van der Waals surface area contributed by atoms with Crippen LogP contribution in [0.5, 0.6) is 0 Å². The first kappa shape index (κ1) is 15.0. The number of nitro benzene ring substituents is 1. The van der Waals surface area contributed by atoms with E-state index < -0.39 is 4.92 Å². The second-order valence-electron chi connectivity index (χ2n) is 4.33. The van der Waals surface area contributed by atoms with Crippen LogP contribution in [0.4, 0.5) is 11.4 Å². The first-order valence-electron chi connectivity index (χ1n) is 5.45. The van der Waals surface area contributed by atoms with Crippen LogP contribution < -0.4 is 11.1 Å². The Balaban J connectivity index is 2.87. The smallest absolute Gasteiger partial charge is 0.272 e. The molecule has 0 amide bonds. The maximum Gasteiger partial charge on any atom is 0.272 e. The van der Waals surface area contributed by atoms with E-state index in [0.717, 1.165) is 0 Å².